The number of rotatable bonds is 0. The summed E-state index contributed by atoms with van der Waals surface area (Å²) in [6.45, 7) is 0. The molecule has 0 aromatic heterocycles. The Balaban J connectivity index is 1.81. The Morgan fingerprint density at radius 1 is 1.31 bits per heavy atom. The summed E-state index contributed by atoms with van der Waals surface area (Å²) in [6.07, 6.45) is 6.74. The maximum atomic E-state index is 11.7. The first-order valence-electron chi connectivity index (χ1n) is 5.37. The molecule has 2 unspecified atom stereocenters. The van der Waals surface area contributed by atoms with E-state index in [4.69, 9.17) is 0 Å². The zero-order chi connectivity index (χ0) is 8.89. The van der Waals surface area contributed by atoms with Crippen LogP contribution in [0, 0.1) is 29.1 Å². The van der Waals surface area contributed by atoms with Crippen molar-refractivity contribution < 1.29 is 4.79 Å². The van der Waals surface area contributed by atoms with Gasteiger partial charge in [0, 0.05) is 12.3 Å². The van der Waals surface area contributed by atoms with Crippen LogP contribution in [0.15, 0.2) is 0 Å². The summed E-state index contributed by atoms with van der Waals surface area (Å²) < 4.78 is 0. The minimum atomic E-state index is -0.124. The zero-order valence-corrected chi connectivity index (χ0v) is 7.81. The number of carbonyl (C=O) groups excluding carboxylic acids is 1. The maximum absolute atomic E-state index is 11.7. The van der Waals surface area contributed by atoms with Crippen LogP contribution >= 0.6 is 0 Å². The molecule has 1 heteroatoms. The van der Waals surface area contributed by atoms with Crippen molar-refractivity contribution in [2.24, 2.45) is 17.3 Å². The van der Waals surface area contributed by atoms with E-state index in [9.17, 15) is 4.79 Å². The van der Waals surface area contributed by atoms with Gasteiger partial charge in [0.05, 0.1) is 5.41 Å². The van der Waals surface area contributed by atoms with Gasteiger partial charge in [-0.3, -0.25) is 4.79 Å². The van der Waals surface area contributed by atoms with Crippen molar-refractivity contribution in [3.63, 3.8) is 0 Å². The van der Waals surface area contributed by atoms with Gasteiger partial charge < -0.3 is 0 Å². The second-order valence-electron chi connectivity index (χ2n) is 4.73. The molecule has 2 atom stereocenters. The number of ketones is 1. The van der Waals surface area contributed by atoms with Crippen molar-refractivity contribution in [2.75, 3.05) is 0 Å². The second kappa shape index (κ2) is 2.38. The summed E-state index contributed by atoms with van der Waals surface area (Å²) in [6, 6.07) is 0. The predicted molar refractivity (Wildman–Crippen MR) is 49.9 cm³/mol. The highest BCUT2D eigenvalue weighted by molar-refractivity contribution is 5.92. The van der Waals surface area contributed by atoms with Gasteiger partial charge >= 0.3 is 0 Å². The van der Waals surface area contributed by atoms with Crippen LogP contribution in [0.3, 0.4) is 0 Å². The SMILES string of the molecule is O=C1CCCC2CC12C#CC1CC1. The lowest BCUT2D eigenvalue weighted by Crippen LogP contribution is -2.20. The van der Waals surface area contributed by atoms with Crippen molar-refractivity contribution in [1.82, 2.24) is 0 Å². The van der Waals surface area contributed by atoms with Gasteiger partial charge in [0.25, 0.3) is 0 Å². The quantitative estimate of drug-likeness (QED) is 0.514. The van der Waals surface area contributed by atoms with Crippen LogP contribution in [0.1, 0.15) is 38.5 Å². The Bertz CT molecular complexity index is 316. The Morgan fingerprint density at radius 2 is 2.15 bits per heavy atom. The lowest BCUT2D eigenvalue weighted by Gasteiger charge is -2.14. The minimum absolute atomic E-state index is 0.124. The largest absolute Gasteiger partial charge is 0.298 e. The first-order valence-corrected chi connectivity index (χ1v) is 5.37. The van der Waals surface area contributed by atoms with Crippen molar-refractivity contribution in [3.05, 3.63) is 0 Å². The smallest absolute Gasteiger partial charge is 0.151 e. The molecule has 0 aliphatic heterocycles. The van der Waals surface area contributed by atoms with E-state index in [2.05, 4.69) is 11.8 Å². The molecule has 1 nitrogen and oxygen atoms in total. The van der Waals surface area contributed by atoms with E-state index in [1.165, 1.54) is 19.3 Å². The molecule has 0 aromatic rings. The normalized spacial score (nSPS) is 41.8. The molecule has 13 heavy (non-hydrogen) atoms. The third-order valence-electron chi connectivity index (χ3n) is 3.64. The zero-order valence-electron chi connectivity index (χ0n) is 7.81. The highest BCUT2D eigenvalue weighted by atomic mass is 16.1. The maximum Gasteiger partial charge on any atom is 0.151 e. The van der Waals surface area contributed by atoms with E-state index in [0.29, 0.717) is 17.6 Å². The topological polar surface area (TPSA) is 17.1 Å². The number of Topliss-reactive ketones (excluding diaryl/α,β-unsaturated/α-hetero) is 1. The third-order valence-corrected chi connectivity index (χ3v) is 3.64. The average molecular weight is 174 g/mol. The van der Waals surface area contributed by atoms with Crippen molar-refractivity contribution in [2.45, 2.75) is 38.5 Å². The second-order valence-corrected chi connectivity index (χ2v) is 4.73. The van der Waals surface area contributed by atoms with Crippen LogP contribution in [0.4, 0.5) is 0 Å². The van der Waals surface area contributed by atoms with Crippen molar-refractivity contribution in [1.29, 1.82) is 0 Å². The molecular formula is C12H14O. The van der Waals surface area contributed by atoms with Gasteiger partial charge in [-0.2, -0.15) is 0 Å². The van der Waals surface area contributed by atoms with E-state index in [1.807, 2.05) is 0 Å². The molecule has 0 aromatic carbocycles. The molecular weight excluding hydrogens is 160 g/mol. The fraction of sp³-hybridized carbons (Fsp3) is 0.750. The molecule has 68 valence electrons. The van der Waals surface area contributed by atoms with Crippen LogP contribution in [-0.2, 0) is 4.79 Å². The summed E-state index contributed by atoms with van der Waals surface area (Å²) in [5.41, 5.74) is -0.124. The van der Waals surface area contributed by atoms with Gasteiger partial charge in [0.2, 0.25) is 0 Å². The summed E-state index contributed by atoms with van der Waals surface area (Å²) in [5, 5.41) is 0. The van der Waals surface area contributed by atoms with Gasteiger partial charge in [-0.25, -0.2) is 0 Å². The molecule has 3 saturated carbocycles. The first-order chi connectivity index (χ1) is 6.31. The third kappa shape index (κ3) is 1.12. The van der Waals surface area contributed by atoms with Crippen molar-refractivity contribution in [3.8, 4) is 11.8 Å². The lowest BCUT2D eigenvalue weighted by atomic mass is 9.87. The van der Waals surface area contributed by atoms with Gasteiger partial charge in [-0.05, 0) is 38.0 Å². The highest BCUT2D eigenvalue weighted by Gasteiger charge is 2.59. The van der Waals surface area contributed by atoms with Gasteiger partial charge in [-0.15, -0.1) is 0 Å². The molecule has 3 fully saturated rings. The van der Waals surface area contributed by atoms with Crippen LogP contribution in [0.5, 0.6) is 0 Å². The van der Waals surface area contributed by atoms with E-state index < -0.39 is 0 Å². The molecule has 3 aliphatic carbocycles. The average Bonchev–Trinajstić information content (AvgIpc) is 2.98. The van der Waals surface area contributed by atoms with E-state index in [1.54, 1.807) is 0 Å². The molecule has 0 spiro atoms. The van der Waals surface area contributed by atoms with Crippen LogP contribution in [-0.4, -0.2) is 5.78 Å². The number of fused-ring (bicyclic) bond motifs is 1. The molecule has 3 rings (SSSR count). The number of carbonyl (C=O) groups is 1. The molecule has 0 N–H and O–H groups in total. The monoisotopic (exact) mass is 174 g/mol. The van der Waals surface area contributed by atoms with Crippen LogP contribution in [0.2, 0.25) is 0 Å². The van der Waals surface area contributed by atoms with E-state index in [-0.39, 0.29) is 5.41 Å². The fourth-order valence-corrected chi connectivity index (χ4v) is 2.43. The molecule has 0 heterocycles. The predicted octanol–water partition coefficient (Wildman–Crippen LogP) is 2.16. The van der Waals surface area contributed by atoms with Crippen LogP contribution in [0.25, 0.3) is 0 Å². The Morgan fingerprint density at radius 3 is 2.85 bits per heavy atom. The van der Waals surface area contributed by atoms with Gasteiger partial charge in [-0.1, -0.05) is 11.8 Å². The number of hydrogen-bond donors (Lipinski definition) is 0. The van der Waals surface area contributed by atoms with Crippen molar-refractivity contribution >= 4 is 5.78 Å². The summed E-state index contributed by atoms with van der Waals surface area (Å²) in [5.74, 6) is 8.28. The van der Waals surface area contributed by atoms with E-state index >= 15 is 0 Å². The Hall–Kier alpha value is -0.770. The minimum Gasteiger partial charge on any atom is -0.298 e. The van der Waals surface area contributed by atoms with Gasteiger partial charge in [0.1, 0.15) is 0 Å². The van der Waals surface area contributed by atoms with Gasteiger partial charge in [0.15, 0.2) is 5.78 Å². The first kappa shape index (κ1) is 7.62. The lowest BCUT2D eigenvalue weighted by molar-refractivity contribution is -0.123. The fourth-order valence-electron chi connectivity index (χ4n) is 2.43. The standard InChI is InChI=1S/C12H14O/c13-11-3-1-2-10-8-12(10,11)7-6-9-4-5-9/h9-10H,1-5,8H2. The molecule has 3 aliphatic rings. The molecule has 0 bridgehead atoms. The molecule has 0 amide bonds. The Labute approximate surface area is 78.9 Å². The summed E-state index contributed by atoms with van der Waals surface area (Å²) >= 11 is 0. The molecule has 0 saturated heterocycles. The summed E-state index contributed by atoms with van der Waals surface area (Å²) in [4.78, 5) is 11.7. The highest BCUT2D eigenvalue weighted by Crippen LogP contribution is 2.59. The Kier molecular flexibility index (Phi) is 1.39. The van der Waals surface area contributed by atoms with Crippen LogP contribution < -0.4 is 0 Å². The summed E-state index contributed by atoms with van der Waals surface area (Å²) in [7, 11) is 0. The van der Waals surface area contributed by atoms with E-state index in [0.717, 1.165) is 19.3 Å². The number of hydrogen-bond acceptors (Lipinski definition) is 1. The molecule has 0 radical (unpaired) electrons.